The van der Waals surface area contributed by atoms with Gasteiger partial charge in [-0.25, -0.2) is 4.68 Å². The fourth-order valence-electron chi connectivity index (χ4n) is 2.75. The molecule has 0 spiro atoms. The Bertz CT molecular complexity index is 837. The molecule has 124 valence electrons. The Morgan fingerprint density at radius 3 is 3.12 bits per heavy atom. The molecular weight excluding hydrogens is 312 g/mol. The first-order valence-corrected chi connectivity index (χ1v) is 7.82. The van der Waals surface area contributed by atoms with E-state index in [1.807, 2.05) is 6.92 Å². The fourth-order valence-corrected chi connectivity index (χ4v) is 2.75. The molecule has 1 saturated heterocycles. The quantitative estimate of drug-likeness (QED) is 0.716. The van der Waals surface area contributed by atoms with Crippen LogP contribution in [-0.2, 0) is 6.42 Å². The summed E-state index contributed by atoms with van der Waals surface area (Å²) in [6.45, 7) is 3.17. The molecule has 0 N–H and O–H groups in total. The minimum atomic E-state index is -0.104. The van der Waals surface area contributed by atoms with Gasteiger partial charge >= 0.3 is 0 Å². The van der Waals surface area contributed by atoms with Gasteiger partial charge < -0.3 is 13.8 Å². The molecule has 9 heteroatoms. The maximum Gasteiger partial charge on any atom is 0.289 e. The molecule has 0 bridgehead atoms. The highest BCUT2D eigenvalue weighted by molar-refractivity contribution is 5.91. The molecule has 1 aliphatic heterocycles. The summed E-state index contributed by atoms with van der Waals surface area (Å²) in [4.78, 5) is 18.3. The van der Waals surface area contributed by atoms with Gasteiger partial charge in [-0.3, -0.25) is 4.79 Å². The van der Waals surface area contributed by atoms with E-state index in [4.69, 9.17) is 8.94 Å². The van der Waals surface area contributed by atoms with Gasteiger partial charge in [-0.1, -0.05) is 17.3 Å². The molecule has 4 heterocycles. The first kappa shape index (κ1) is 14.6. The van der Waals surface area contributed by atoms with Crippen LogP contribution in [0.25, 0.3) is 11.6 Å². The third-order valence-electron chi connectivity index (χ3n) is 4.07. The number of aryl methyl sites for hydroxylation is 1. The van der Waals surface area contributed by atoms with Crippen LogP contribution in [0.4, 0.5) is 0 Å². The van der Waals surface area contributed by atoms with Gasteiger partial charge in [-0.2, -0.15) is 4.98 Å². The minimum absolute atomic E-state index is 0.0683. The van der Waals surface area contributed by atoms with Crippen LogP contribution in [-0.4, -0.2) is 49.0 Å². The van der Waals surface area contributed by atoms with E-state index < -0.39 is 0 Å². The average Bonchev–Trinajstić information content (AvgIpc) is 3.41. The maximum atomic E-state index is 12.3. The van der Waals surface area contributed by atoms with E-state index in [1.165, 1.54) is 6.26 Å². The lowest BCUT2D eigenvalue weighted by Crippen LogP contribution is -2.28. The summed E-state index contributed by atoms with van der Waals surface area (Å²) in [7, 11) is 0. The van der Waals surface area contributed by atoms with Crippen LogP contribution in [0.15, 0.2) is 33.5 Å². The lowest BCUT2D eigenvalue weighted by Gasteiger charge is -2.14. The highest BCUT2D eigenvalue weighted by atomic mass is 16.5. The summed E-state index contributed by atoms with van der Waals surface area (Å²) in [6, 6.07) is 3.45. The molecule has 1 fully saturated rings. The Labute approximate surface area is 137 Å². The zero-order chi connectivity index (χ0) is 16.5. The van der Waals surface area contributed by atoms with Crippen molar-refractivity contribution >= 4 is 5.91 Å². The van der Waals surface area contributed by atoms with Gasteiger partial charge in [0.15, 0.2) is 17.3 Å². The molecule has 3 aromatic rings. The number of hydrogen-bond donors (Lipinski definition) is 0. The zero-order valence-corrected chi connectivity index (χ0v) is 13.1. The summed E-state index contributed by atoms with van der Waals surface area (Å²) in [5.74, 6) is 1.25. The van der Waals surface area contributed by atoms with Crippen LogP contribution in [0.5, 0.6) is 0 Å². The normalized spacial score (nSPS) is 17.5. The molecule has 0 saturated carbocycles. The second-order valence-corrected chi connectivity index (χ2v) is 5.62. The van der Waals surface area contributed by atoms with E-state index in [0.717, 1.165) is 6.42 Å². The number of rotatable bonds is 4. The second-order valence-electron chi connectivity index (χ2n) is 5.62. The number of carbonyl (C=O) groups is 1. The Morgan fingerprint density at radius 1 is 1.46 bits per heavy atom. The van der Waals surface area contributed by atoms with E-state index in [9.17, 15) is 4.79 Å². The molecule has 1 aliphatic rings. The van der Waals surface area contributed by atoms with Crippen LogP contribution in [0.1, 0.15) is 35.8 Å². The zero-order valence-electron chi connectivity index (χ0n) is 13.1. The predicted molar refractivity (Wildman–Crippen MR) is 81.0 cm³/mol. The van der Waals surface area contributed by atoms with Crippen molar-refractivity contribution in [1.29, 1.82) is 0 Å². The van der Waals surface area contributed by atoms with Crippen molar-refractivity contribution in [3.8, 4) is 11.6 Å². The molecule has 9 nitrogen and oxygen atoms in total. The molecular formula is C15H16N6O3. The Hall–Kier alpha value is -2.97. The standard InChI is InChI=1S/C15H16N6O3/c1-2-13-16-14(24-18-13)11-9-21(19-17-11)10-5-6-20(8-10)15(22)12-4-3-7-23-12/h3-4,7,9-10H,2,5-6,8H2,1H3. The van der Waals surface area contributed by atoms with Gasteiger partial charge in [0.2, 0.25) is 0 Å². The van der Waals surface area contributed by atoms with E-state index >= 15 is 0 Å². The summed E-state index contributed by atoms with van der Waals surface area (Å²) in [5.41, 5.74) is 0.540. The topological polar surface area (TPSA) is 103 Å². The van der Waals surface area contributed by atoms with E-state index in [2.05, 4.69) is 20.5 Å². The Kier molecular flexibility index (Phi) is 3.60. The lowest BCUT2D eigenvalue weighted by atomic mass is 10.3. The number of likely N-dealkylation sites (tertiary alicyclic amines) is 1. The second kappa shape index (κ2) is 5.91. The molecule has 1 amide bonds. The van der Waals surface area contributed by atoms with Crippen LogP contribution in [0, 0.1) is 0 Å². The van der Waals surface area contributed by atoms with Crippen LogP contribution < -0.4 is 0 Å². The number of hydrogen-bond acceptors (Lipinski definition) is 7. The van der Waals surface area contributed by atoms with Crippen molar-refractivity contribution in [1.82, 2.24) is 30.0 Å². The molecule has 3 aromatic heterocycles. The summed E-state index contributed by atoms with van der Waals surface area (Å²) in [5, 5.41) is 12.1. The third kappa shape index (κ3) is 2.57. The largest absolute Gasteiger partial charge is 0.459 e. The molecule has 1 unspecified atom stereocenters. The van der Waals surface area contributed by atoms with Gasteiger partial charge in [0, 0.05) is 19.5 Å². The maximum absolute atomic E-state index is 12.3. The predicted octanol–water partition coefficient (Wildman–Crippen LogP) is 1.57. The number of nitrogens with zero attached hydrogens (tertiary/aromatic N) is 6. The van der Waals surface area contributed by atoms with Gasteiger partial charge in [0.05, 0.1) is 18.5 Å². The monoisotopic (exact) mass is 328 g/mol. The van der Waals surface area contributed by atoms with Crippen molar-refractivity contribution in [2.45, 2.75) is 25.8 Å². The van der Waals surface area contributed by atoms with Crippen molar-refractivity contribution in [3.05, 3.63) is 36.2 Å². The highest BCUT2D eigenvalue weighted by Crippen LogP contribution is 2.24. The average molecular weight is 328 g/mol. The van der Waals surface area contributed by atoms with E-state index in [1.54, 1.807) is 27.9 Å². The van der Waals surface area contributed by atoms with Gasteiger partial charge in [-0.05, 0) is 18.6 Å². The summed E-state index contributed by atoms with van der Waals surface area (Å²) in [6.07, 6.45) is 4.78. The highest BCUT2D eigenvalue weighted by Gasteiger charge is 2.30. The minimum Gasteiger partial charge on any atom is -0.459 e. The molecule has 24 heavy (non-hydrogen) atoms. The molecule has 4 rings (SSSR count). The van der Waals surface area contributed by atoms with Crippen molar-refractivity contribution in [2.75, 3.05) is 13.1 Å². The number of carbonyl (C=O) groups excluding carboxylic acids is 1. The van der Waals surface area contributed by atoms with Gasteiger partial charge in [-0.15, -0.1) is 5.10 Å². The number of aromatic nitrogens is 5. The fraction of sp³-hybridized carbons (Fsp3) is 0.400. The van der Waals surface area contributed by atoms with Crippen LogP contribution >= 0.6 is 0 Å². The van der Waals surface area contributed by atoms with Crippen molar-refractivity contribution in [2.24, 2.45) is 0 Å². The van der Waals surface area contributed by atoms with Crippen LogP contribution in [0.3, 0.4) is 0 Å². The Balaban J connectivity index is 1.47. The number of amides is 1. The van der Waals surface area contributed by atoms with Crippen molar-refractivity contribution < 1.29 is 13.7 Å². The van der Waals surface area contributed by atoms with Crippen molar-refractivity contribution in [3.63, 3.8) is 0 Å². The SMILES string of the molecule is CCc1noc(-c2cn(C3CCN(C(=O)c4ccco4)C3)nn2)n1. The molecule has 0 radical (unpaired) electrons. The van der Waals surface area contributed by atoms with Gasteiger partial charge in [0.1, 0.15) is 0 Å². The van der Waals surface area contributed by atoms with Crippen LogP contribution in [0.2, 0.25) is 0 Å². The molecule has 1 atom stereocenters. The summed E-state index contributed by atoms with van der Waals surface area (Å²) < 4.78 is 12.1. The van der Waals surface area contributed by atoms with E-state index in [-0.39, 0.29) is 11.9 Å². The van der Waals surface area contributed by atoms with E-state index in [0.29, 0.717) is 42.7 Å². The lowest BCUT2D eigenvalue weighted by molar-refractivity contribution is 0.0755. The summed E-state index contributed by atoms with van der Waals surface area (Å²) >= 11 is 0. The Morgan fingerprint density at radius 2 is 2.38 bits per heavy atom. The smallest absolute Gasteiger partial charge is 0.289 e. The first-order valence-electron chi connectivity index (χ1n) is 7.82. The number of furan rings is 1. The molecule has 0 aromatic carbocycles. The van der Waals surface area contributed by atoms with Gasteiger partial charge in [0.25, 0.3) is 11.8 Å². The third-order valence-corrected chi connectivity index (χ3v) is 4.07. The first-order chi connectivity index (χ1) is 11.7. The molecule has 0 aliphatic carbocycles.